The van der Waals surface area contributed by atoms with Crippen LogP contribution in [0.25, 0.3) is 0 Å². The minimum atomic E-state index is -4.63. The molecule has 1 amide bonds. The van der Waals surface area contributed by atoms with Crippen molar-refractivity contribution in [2.75, 3.05) is 13.2 Å². The Balaban J connectivity index is 1.53. The van der Waals surface area contributed by atoms with Crippen molar-refractivity contribution in [1.82, 2.24) is 4.90 Å². The Kier molecular flexibility index (Phi) is 15.5. The van der Waals surface area contributed by atoms with Crippen LogP contribution >= 0.6 is 0 Å². The van der Waals surface area contributed by atoms with Crippen LogP contribution in [0.15, 0.2) is 24.3 Å². The monoisotopic (exact) mass is 539 g/mol. The number of carbonyl (C=O) groups excluding carboxylic acids is 2. The first-order chi connectivity index (χ1) is 18.4. The van der Waals surface area contributed by atoms with Crippen LogP contribution in [0.1, 0.15) is 138 Å². The highest BCUT2D eigenvalue weighted by molar-refractivity contribution is 5.98. The quantitative estimate of drug-likeness (QED) is 0.130. The van der Waals surface area contributed by atoms with E-state index in [0.717, 1.165) is 25.3 Å². The van der Waals surface area contributed by atoms with E-state index in [1.165, 1.54) is 107 Å². The first-order valence-corrected chi connectivity index (χ1v) is 15.0. The minimum Gasteiger partial charge on any atom is -0.464 e. The standard InChI is InChI=1S/C31H48F3NO3/c1-2-3-4-5-6-7-8-9-10-11-12-13-14-15-16-19-25-38-30(37)28-23-20-24-35(28)29(36)26-21-17-18-22-27(26)31(32,33)34/h17-18,21-22,28H,2-16,19-20,23-25H2,1H3. The van der Waals surface area contributed by atoms with Crippen molar-refractivity contribution >= 4 is 11.9 Å². The van der Waals surface area contributed by atoms with E-state index >= 15 is 0 Å². The van der Waals surface area contributed by atoms with E-state index in [9.17, 15) is 22.8 Å². The molecule has 1 aromatic rings. The fourth-order valence-electron chi connectivity index (χ4n) is 5.25. The van der Waals surface area contributed by atoms with Crippen molar-refractivity contribution in [2.24, 2.45) is 0 Å². The van der Waals surface area contributed by atoms with Crippen LogP contribution in [0, 0.1) is 0 Å². The molecule has 1 aliphatic heterocycles. The summed E-state index contributed by atoms with van der Waals surface area (Å²) in [6, 6.07) is 3.91. The Morgan fingerprint density at radius 3 is 1.84 bits per heavy atom. The number of benzene rings is 1. The highest BCUT2D eigenvalue weighted by Crippen LogP contribution is 2.33. The molecule has 1 atom stereocenters. The van der Waals surface area contributed by atoms with Crippen molar-refractivity contribution in [3.63, 3.8) is 0 Å². The van der Waals surface area contributed by atoms with Crippen LogP contribution < -0.4 is 0 Å². The van der Waals surface area contributed by atoms with E-state index < -0.39 is 35.2 Å². The molecule has 0 aromatic heterocycles. The predicted molar refractivity (Wildman–Crippen MR) is 146 cm³/mol. The molecular weight excluding hydrogens is 491 g/mol. The van der Waals surface area contributed by atoms with Gasteiger partial charge in [-0.3, -0.25) is 4.79 Å². The number of likely N-dealkylation sites (tertiary alicyclic amines) is 1. The molecule has 0 saturated carbocycles. The normalized spacial score (nSPS) is 15.7. The fraction of sp³-hybridized carbons (Fsp3) is 0.742. The molecule has 1 saturated heterocycles. The second-order valence-corrected chi connectivity index (χ2v) is 10.7. The zero-order valence-corrected chi connectivity index (χ0v) is 23.3. The zero-order chi connectivity index (χ0) is 27.6. The van der Waals surface area contributed by atoms with Crippen LogP contribution in [0.5, 0.6) is 0 Å². The fourth-order valence-corrected chi connectivity index (χ4v) is 5.25. The third kappa shape index (κ3) is 11.8. The molecule has 1 heterocycles. The number of ether oxygens (including phenoxy) is 1. The molecule has 1 unspecified atom stereocenters. The molecular formula is C31H48F3NO3. The van der Waals surface area contributed by atoms with Crippen LogP contribution in [0.4, 0.5) is 13.2 Å². The average Bonchev–Trinajstić information content (AvgIpc) is 3.39. The minimum absolute atomic E-state index is 0.254. The highest BCUT2D eigenvalue weighted by atomic mass is 19.4. The summed E-state index contributed by atoms with van der Waals surface area (Å²) >= 11 is 0. The van der Waals surface area contributed by atoms with Crippen LogP contribution in [-0.2, 0) is 15.7 Å². The molecule has 0 bridgehead atoms. The molecule has 1 fully saturated rings. The van der Waals surface area contributed by atoms with Crippen molar-refractivity contribution in [3.05, 3.63) is 35.4 Å². The maximum atomic E-state index is 13.3. The van der Waals surface area contributed by atoms with Crippen molar-refractivity contribution < 1.29 is 27.5 Å². The SMILES string of the molecule is CCCCCCCCCCCCCCCCCCOC(=O)C1CCCN1C(=O)c1ccccc1C(F)(F)F. The van der Waals surface area contributed by atoms with Gasteiger partial charge in [-0.25, -0.2) is 4.79 Å². The summed E-state index contributed by atoms with van der Waals surface area (Å²) < 4.78 is 45.4. The molecule has 7 heteroatoms. The van der Waals surface area contributed by atoms with Crippen molar-refractivity contribution in [1.29, 1.82) is 0 Å². The number of halogens is 3. The van der Waals surface area contributed by atoms with Gasteiger partial charge in [0.1, 0.15) is 6.04 Å². The summed E-state index contributed by atoms with van der Waals surface area (Å²) in [5.41, 5.74) is -1.39. The maximum absolute atomic E-state index is 13.3. The molecule has 0 spiro atoms. The first kappa shape index (κ1) is 32.2. The van der Waals surface area contributed by atoms with Crippen LogP contribution in [-0.4, -0.2) is 36.0 Å². The lowest BCUT2D eigenvalue weighted by Crippen LogP contribution is -2.42. The second-order valence-electron chi connectivity index (χ2n) is 10.7. The summed E-state index contributed by atoms with van der Waals surface area (Å²) in [5.74, 6) is -1.28. The third-order valence-corrected chi connectivity index (χ3v) is 7.49. The maximum Gasteiger partial charge on any atom is 0.417 e. The smallest absolute Gasteiger partial charge is 0.417 e. The largest absolute Gasteiger partial charge is 0.464 e. The second kappa shape index (κ2) is 18.3. The number of nitrogens with zero attached hydrogens (tertiary/aromatic N) is 1. The zero-order valence-electron chi connectivity index (χ0n) is 23.3. The molecule has 0 radical (unpaired) electrons. The number of rotatable bonds is 19. The molecule has 1 aromatic carbocycles. The Hall–Kier alpha value is -2.05. The Bertz CT molecular complexity index is 812. The number of hydrogen-bond donors (Lipinski definition) is 0. The summed E-state index contributed by atoms with van der Waals surface area (Å²) in [6.45, 7) is 2.80. The lowest BCUT2D eigenvalue weighted by Gasteiger charge is -2.24. The van der Waals surface area contributed by atoms with Gasteiger partial charge in [-0.05, 0) is 31.4 Å². The van der Waals surface area contributed by atoms with Gasteiger partial charge in [-0.2, -0.15) is 13.2 Å². The van der Waals surface area contributed by atoms with E-state index in [4.69, 9.17) is 4.74 Å². The van der Waals surface area contributed by atoms with Crippen molar-refractivity contribution in [2.45, 2.75) is 135 Å². The van der Waals surface area contributed by atoms with Gasteiger partial charge >= 0.3 is 12.1 Å². The Morgan fingerprint density at radius 2 is 1.32 bits per heavy atom. The summed E-state index contributed by atoms with van der Waals surface area (Å²) in [7, 11) is 0. The molecule has 2 rings (SSSR count). The Morgan fingerprint density at radius 1 is 0.816 bits per heavy atom. The molecule has 38 heavy (non-hydrogen) atoms. The van der Waals surface area contributed by atoms with E-state index in [1.54, 1.807) is 0 Å². The van der Waals surface area contributed by atoms with Gasteiger partial charge in [0.2, 0.25) is 0 Å². The predicted octanol–water partition coefficient (Wildman–Crippen LogP) is 9.11. The Labute approximate surface area is 227 Å². The van der Waals surface area contributed by atoms with Gasteiger partial charge in [0.15, 0.2) is 0 Å². The van der Waals surface area contributed by atoms with Gasteiger partial charge in [0.05, 0.1) is 17.7 Å². The van der Waals surface area contributed by atoms with Crippen molar-refractivity contribution in [3.8, 4) is 0 Å². The first-order valence-electron chi connectivity index (χ1n) is 15.0. The number of esters is 1. The molecule has 216 valence electrons. The van der Waals surface area contributed by atoms with Crippen LogP contribution in [0.3, 0.4) is 0 Å². The molecule has 0 N–H and O–H groups in total. The molecule has 1 aliphatic rings. The summed E-state index contributed by atoms with van der Waals surface area (Å²) in [5, 5.41) is 0. The van der Waals surface area contributed by atoms with E-state index in [-0.39, 0.29) is 13.2 Å². The third-order valence-electron chi connectivity index (χ3n) is 7.49. The van der Waals surface area contributed by atoms with Gasteiger partial charge in [0.25, 0.3) is 5.91 Å². The van der Waals surface area contributed by atoms with Gasteiger partial charge < -0.3 is 9.64 Å². The highest BCUT2D eigenvalue weighted by Gasteiger charge is 2.40. The van der Waals surface area contributed by atoms with E-state index in [0.29, 0.717) is 12.8 Å². The number of carbonyl (C=O) groups is 2. The lowest BCUT2D eigenvalue weighted by atomic mass is 10.0. The van der Waals surface area contributed by atoms with Gasteiger partial charge in [-0.15, -0.1) is 0 Å². The summed E-state index contributed by atoms with van der Waals surface area (Å²) in [4.78, 5) is 26.7. The number of unbranched alkanes of at least 4 members (excludes halogenated alkanes) is 15. The number of alkyl halides is 3. The van der Waals surface area contributed by atoms with Gasteiger partial charge in [-0.1, -0.05) is 115 Å². The molecule has 4 nitrogen and oxygen atoms in total. The lowest BCUT2D eigenvalue weighted by molar-refractivity contribution is -0.148. The van der Waals surface area contributed by atoms with E-state index in [2.05, 4.69) is 6.92 Å². The van der Waals surface area contributed by atoms with Crippen LogP contribution in [0.2, 0.25) is 0 Å². The number of hydrogen-bond acceptors (Lipinski definition) is 3. The molecule has 0 aliphatic carbocycles. The number of amides is 1. The average molecular weight is 540 g/mol. The topological polar surface area (TPSA) is 46.6 Å². The summed E-state index contributed by atoms with van der Waals surface area (Å²) in [6.07, 6.45) is 16.6. The van der Waals surface area contributed by atoms with E-state index in [1.807, 2.05) is 0 Å². The van der Waals surface area contributed by atoms with Gasteiger partial charge in [0, 0.05) is 6.54 Å².